The van der Waals surface area contributed by atoms with Crippen molar-refractivity contribution in [3.05, 3.63) is 29.3 Å². The molecule has 5 nitrogen and oxygen atoms in total. The summed E-state index contributed by atoms with van der Waals surface area (Å²) in [6, 6.07) is 6.19. The minimum atomic E-state index is 0.0822. The summed E-state index contributed by atoms with van der Waals surface area (Å²) in [7, 11) is 0. The first-order chi connectivity index (χ1) is 12.0. The van der Waals surface area contributed by atoms with E-state index in [4.69, 9.17) is 9.47 Å². The van der Waals surface area contributed by atoms with Gasteiger partial charge in [0.15, 0.2) is 0 Å². The van der Waals surface area contributed by atoms with Crippen LogP contribution in [0.25, 0.3) is 0 Å². The number of amides is 1. The van der Waals surface area contributed by atoms with Gasteiger partial charge in [-0.25, -0.2) is 0 Å². The van der Waals surface area contributed by atoms with Crippen molar-refractivity contribution in [2.75, 3.05) is 37.9 Å². The molecule has 1 heterocycles. The number of carbonyl (C=O) groups is 1. The molecule has 1 amide bonds. The molecule has 1 saturated heterocycles. The second kappa shape index (κ2) is 9.32. The minimum Gasteiger partial charge on any atom is -0.373 e. The third kappa shape index (κ3) is 5.27. The number of ether oxygens (including phenoxy) is 2. The van der Waals surface area contributed by atoms with Gasteiger partial charge < -0.3 is 9.47 Å². The number of morpholine rings is 1. The van der Waals surface area contributed by atoms with Crippen LogP contribution < -0.4 is 4.90 Å². The van der Waals surface area contributed by atoms with Crippen LogP contribution in [0.3, 0.4) is 0 Å². The summed E-state index contributed by atoms with van der Waals surface area (Å²) in [5.74, 6) is 0.0822. The summed E-state index contributed by atoms with van der Waals surface area (Å²) >= 11 is 0. The Bertz CT molecular complexity index is 566. The molecule has 0 radical (unpaired) electrons. The lowest BCUT2D eigenvalue weighted by Crippen LogP contribution is -2.50. The fourth-order valence-electron chi connectivity index (χ4n) is 3.53. The molecule has 5 heteroatoms. The molecule has 1 aromatic rings. The van der Waals surface area contributed by atoms with Gasteiger partial charge in [-0.05, 0) is 45.2 Å². The number of nitrogens with zero attached hydrogens (tertiary/aromatic N) is 2. The zero-order valence-electron chi connectivity index (χ0n) is 16.2. The summed E-state index contributed by atoms with van der Waals surface area (Å²) in [4.78, 5) is 17.1. The van der Waals surface area contributed by atoms with Crippen LogP contribution in [0.4, 0.5) is 5.69 Å². The van der Waals surface area contributed by atoms with E-state index in [1.165, 1.54) is 5.56 Å². The van der Waals surface area contributed by atoms with Crippen LogP contribution in [-0.2, 0) is 20.7 Å². The van der Waals surface area contributed by atoms with Gasteiger partial charge in [-0.1, -0.05) is 25.1 Å². The normalized spacial score (nSPS) is 21.3. The molecule has 0 N–H and O–H groups in total. The maximum Gasteiger partial charge on any atom is 0.243 e. The third-order valence-electron chi connectivity index (χ3n) is 4.55. The summed E-state index contributed by atoms with van der Waals surface area (Å²) in [5, 5.41) is 0. The van der Waals surface area contributed by atoms with E-state index in [0.29, 0.717) is 19.9 Å². The van der Waals surface area contributed by atoms with Crippen LogP contribution in [0.1, 0.15) is 38.8 Å². The van der Waals surface area contributed by atoms with Crippen molar-refractivity contribution >= 4 is 11.6 Å². The van der Waals surface area contributed by atoms with E-state index in [0.717, 1.165) is 30.8 Å². The molecule has 1 aromatic carbocycles. The average Bonchev–Trinajstić information content (AvgIpc) is 2.55. The quantitative estimate of drug-likeness (QED) is 0.711. The van der Waals surface area contributed by atoms with E-state index in [-0.39, 0.29) is 18.1 Å². The van der Waals surface area contributed by atoms with Crippen LogP contribution >= 0.6 is 0 Å². The Morgan fingerprint density at radius 1 is 1.28 bits per heavy atom. The Morgan fingerprint density at radius 2 is 1.96 bits per heavy atom. The summed E-state index contributed by atoms with van der Waals surface area (Å²) in [5.41, 5.74) is 3.28. The first-order valence-corrected chi connectivity index (χ1v) is 9.30. The highest BCUT2D eigenvalue weighted by Crippen LogP contribution is 2.26. The van der Waals surface area contributed by atoms with Crippen molar-refractivity contribution in [1.29, 1.82) is 0 Å². The van der Waals surface area contributed by atoms with Crippen LogP contribution in [0.15, 0.2) is 18.2 Å². The third-order valence-corrected chi connectivity index (χ3v) is 4.55. The van der Waals surface area contributed by atoms with Gasteiger partial charge in [0.1, 0.15) is 6.73 Å². The van der Waals surface area contributed by atoms with Crippen molar-refractivity contribution in [3.8, 4) is 0 Å². The molecule has 0 aliphatic carbocycles. The van der Waals surface area contributed by atoms with Crippen molar-refractivity contribution in [2.45, 2.75) is 53.2 Å². The maximum atomic E-state index is 13.1. The van der Waals surface area contributed by atoms with Crippen LogP contribution in [0.2, 0.25) is 0 Å². The second-order valence-corrected chi connectivity index (χ2v) is 6.83. The predicted octanol–water partition coefficient (Wildman–Crippen LogP) is 2.99. The molecule has 140 valence electrons. The van der Waals surface area contributed by atoms with Gasteiger partial charge in [-0.15, -0.1) is 0 Å². The number of hydrogen-bond donors (Lipinski definition) is 0. The Morgan fingerprint density at radius 3 is 2.56 bits per heavy atom. The van der Waals surface area contributed by atoms with Gasteiger partial charge in [0.2, 0.25) is 5.91 Å². The smallest absolute Gasteiger partial charge is 0.243 e. The largest absolute Gasteiger partial charge is 0.373 e. The number of benzene rings is 1. The fourth-order valence-corrected chi connectivity index (χ4v) is 3.53. The lowest BCUT2D eigenvalue weighted by Gasteiger charge is -2.36. The molecule has 25 heavy (non-hydrogen) atoms. The van der Waals surface area contributed by atoms with Gasteiger partial charge in [-0.2, -0.15) is 0 Å². The van der Waals surface area contributed by atoms with Crippen LogP contribution in [0, 0.1) is 6.92 Å². The molecule has 0 saturated carbocycles. The van der Waals surface area contributed by atoms with Gasteiger partial charge in [0.25, 0.3) is 0 Å². The number of aryl methyl sites for hydroxylation is 2. The number of rotatable bonds is 7. The summed E-state index contributed by atoms with van der Waals surface area (Å²) in [6.45, 7) is 13.1. The zero-order valence-corrected chi connectivity index (χ0v) is 16.2. The lowest BCUT2D eigenvalue weighted by atomic mass is 10.0. The van der Waals surface area contributed by atoms with E-state index < -0.39 is 0 Å². The minimum absolute atomic E-state index is 0.0822. The molecule has 1 fully saturated rings. The van der Waals surface area contributed by atoms with E-state index >= 15 is 0 Å². The summed E-state index contributed by atoms with van der Waals surface area (Å²) in [6.07, 6.45) is 1.20. The van der Waals surface area contributed by atoms with E-state index in [1.807, 2.05) is 17.9 Å². The number of anilines is 1. The molecule has 2 atom stereocenters. The van der Waals surface area contributed by atoms with Gasteiger partial charge in [0, 0.05) is 19.7 Å². The van der Waals surface area contributed by atoms with Gasteiger partial charge in [-0.3, -0.25) is 14.6 Å². The molecule has 1 aliphatic rings. The number of carbonyl (C=O) groups excluding carboxylic acids is 1. The first kappa shape index (κ1) is 19.9. The van der Waals surface area contributed by atoms with Crippen molar-refractivity contribution in [1.82, 2.24) is 4.90 Å². The zero-order chi connectivity index (χ0) is 18.4. The monoisotopic (exact) mass is 348 g/mol. The van der Waals surface area contributed by atoms with E-state index in [1.54, 1.807) is 0 Å². The Hall–Kier alpha value is -1.43. The van der Waals surface area contributed by atoms with E-state index in [2.05, 4.69) is 44.7 Å². The van der Waals surface area contributed by atoms with Gasteiger partial charge in [0.05, 0.1) is 24.4 Å². The maximum absolute atomic E-state index is 13.1. The Balaban J connectivity index is 2.21. The highest BCUT2D eigenvalue weighted by Gasteiger charge is 2.27. The van der Waals surface area contributed by atoms with Crippen LogP contribution in [-0.4, -0.2) is 56.0 Å². The number of hydrogen-bond acceptors (Lipinski definition) is 4. The van der Waals surface area contributed by atoms with Gasteiger partial charge >= 0.3 is 0 Å². The molecule has 1 aliphatic heterocycles. The first-order valence-electron chi connectivity index (χ1n) is 9.30. The van der Waals surface area contributed by atoms with E-state index in [9.17, 15) is 4.79 Å². The highest BCUT2D eigenvalue weighted by molar-refractivity contribution is 5.96. The molecule has 0 unspecified atom stereocenters. The number of para-hydroxylation sites is 1. The average molecular weight is 348 g/mol. The van der Waals surface area contributed by atoms with Crippen molar-refractivity contribution in [3.63, 3.8) is 0 Å². The molecule has 0 spiro atoms. The molecular formula is C20H32N2O3. The Kier molecular flexibility index (Phi) is 7.41. The Labute approximate surface area is 151 Å². The molecular weight excluding hydrogens is 316 g/mol. The molecule has 2 rings (SSSR count). The molecule has 0 aromatic heterocycles. The lowest BCUT2D eigenvalue weighted by molar-refractivity contribution is -0.124. The van der Waals surface area contributed by atoms with Crippen molar-refractivity contribution in [2.24, 2.45) is 0 Å². The topological polar surface area (TPSA) is 42.0 Å². The highest BCUT2D eigenvalue weighted by atomic mass is 16.5. The SMILES string of the molecule is CCOCN(C(=O)CN1C[C@@H](C)O[C@@H](C)C1)c1c(C)cccc1CC. The summed E-state index contributed by atoms with van der Waals surface area (Å²) < 4.78 is 11.4. The second-order valence-electron chi connectivity index (χ2n) is 6.83. The predicted molar refractivity (Wildman–Crippen MR) is 101 cm³/mol. The van der Waals surface area contributed by atoms with Crippen molar-refractivity contribution < 1.29 is 14.3 Å². The standard InChI is InChI=1S/C20H32N2O3/c1-6-18-10-8-9-15(3)20(18)22(14-24-7-2)19(23)13-21-11-16(4)25-17(5)12-21/h8-10,16-17H,6-7,11-14H2,1-5H3/t16-,17+. The fraction of sp³-hybridized carbons (Fsp3) is 0.650. The molecule has 0 bridgehead atoms. The van der Waals surface area contributed by atoms with Crippen LogP contribution in [0.5, 0.6) is 0 Å².